The number of amides is 2. The van der Waals surface area contributed by atoms with Gasteiger partial charge in [0.15, 0.2) is 0 Å². The van der Waals surface area contributed by atoms with Crippen LogP contribution in [0.5, 0.6) is 0 Å². The van der Waals surface area contributed by atoms with Gasteiger partial charge in [0.25, 0.3) is 0 Å². The molecule has 1 saturated carbocycles. The van der Waals surface area contributed by atoms with E-state index in [4.69, 9.17) is 9.52 Å². The summed E-state index contributed by atoms with van der Waals surface area (Å²) in [4.78, 5) is 36.4. The van der Waals surface area contributed by atoms with Crippen LogP contribution in [0.1, 0.15) is 48.4 Å². The van der Waals surface area contributed by atoms with Gasteiger partial charge >= 0.3 is 5.97 Å². The normalized spacial score (nSPS) is 21.1. The fourth-order valence-corrected chi connectivity index (χ4v) is 3.20. The number of furan rings is 1. The molecule has 1 aliphatic heterocycles. The summed E-state index contributed by atoms with van der Waals surface area (Å²) in [5.74, 6) is -1.35. The lowest BCUT2D eigenvalue weighted by Gasteiger charge is -2.20. The van der Waals surface area contributed by atoms with Crippen molar-refractivity contribution >= 4 is 17.8 Å². The molecule has 0 bridgehead atoms. The van der Waals surface area contributed by atoms with Crippen LogP contribution in [0.3, 0.4) is 0 Å². The number of hydrogen-bond donors (Lipinski definition) is 1. The maximum absolute atomic E-state index is 12.4. The molecule has 0 aromatic carbocycles. The lowest BCUT2D eigenvalue weighted by Crippen LogP contribution is -2.33. The Morgan fingerprint density at radius 3 is 2.60 bits per heavy atom. The van der Waals surface area contributed by atoms with Crippen LogP contribution in [0, 0.1) is 5.41 Å². The highest BCUT2D eigenvalue weighted by molar-refractivity contribution is 6.05. The fraction of sp³-hybridized carbons (Fsp3) is 0.500. The molecular formula is C14H15NO5. The van der Waals surface area contributed by atoms with Gasteiger partial charge in [-0.15, -0.1) is 0 Å². The molecule has 6 nitrogen and oxygen atoms in total. The molecule has 1 aliphatic carbocycles. The summed E-state index contributed by atoms with van der Waals surface area (Å²) < 4.78 is 5.11. The van der Waals surface area contributed by atoms with E-state index < -0.39 is 11.4 Å². The molecule has 2 amide bonds. The molecule has 2 aliphatic rings. The van der Waals surface area contributed by atoms with Crippen LogP contribution < -0.4 is 0 Å². The van der Waals surface area contributed by atoms with Gasteiger partial charge in [-0.25, -0.2) is 4.79 Å². The number of carboxylic acids is 1. The number of rotatable bonds is 3. The fourth-order valence-electron chi connectivity index (χ4n) is 3.20. The molecule has 2 heterocycles. The lowest BCUT2D eigenvalue weighted by atomic mass is 9.84. The monoisotopic (exact) mass is 277 g/mol. The predicted octanol–water partition coefficient (Wildman–Crippen LogP) is 1.80. The van der Waals surface area contributed by atoms with Gasteiger partial charge in [0.05, 0.1) is 12.0 Å². The molecule has 0 atom stereocenters. The van der Waals surface area contributed by atoms with E-state index in [1.54, 1.807) is 0 Å². The van der Waals surface area contributed by atoms with Gasteiger partial charge in [-0.05, 0) is 25.0 Å². The van der Waals surface area contributed by atoms with Gasteiger partial charge < -0.3 is 9.52 Å². The van der Waals surface area contributed by atoms with Crippen LogP contribution >= 0.6 is 0 Å². The summed E-state index contributed by atoms with van der Waals surface area (Å²) in [5, 5.41) is 8.79. The molecular weight excluding hydrogens is 262 g/mol. The second kappa shape index (κ2) is 4.47. The van der Waals surface area contributed by atoms with Gasteiger partial charge in [-0.1, -0.05) is 12.8 Å². The number of likely N-dealkylation sites (tertiary alicyclic amines) is 1. The first-order chi connectivity index (χ1) is 9.52. The van der Waals surface area contributed by atoms with Gasteiger partial charge in [0, 0.05) is 6.42 Å². The van der Waals surface area contributed by atoms with Crippen molar-refractivity contribution in [1.82, 2.24) is 4.90 Å². The average Bonchev–Trinajstić information content (AvgIpc) is 3.08. The van der Waals surface area contributed by atoms with Crippen molar-refractivity contribution in [3.63, 3.8) is 0 Å². The Morgan fingerprint density at radius 1 is 1.30 bits per heavy atom. The molecule has 1 spiro atoms. The van der Waals surface area contributed by atoms with Crippen molar-refractivity contribution < 1.29 is 23.9 Å². The SMILES string of the molecule is O=C(O)c1ccc(CN2C(=O)CC3(CCCC3)C2=O)o1. The predicted molar refractivity (Wildman–Crippen MR) is 66.7 cm³/mol. The number of carboxylic acid groups (broad SMARTS) is 1. The van der Waals surface area contributed by atoms with Gasteiger partial charge in [-0.2, -0.15) is 0 Å². The van der Waals surface area contributed by atoms with Crippen LogP contribution in [0.15, 0.2) is 16.5 Å². The zero-order chi connectivity index (χ0) is 14.3. The molecule has 106 valence electrons. The smallest absolute Gasteiger partial charge is 0.371 e. The topological polar surface area (TPSA) is 87.8 Å². The van der Waals surface area contributed by atoms with Gasteiger partial charge in [0.2, 0.25) is 17.6 Å². The summed E-state index contributed by atoms with van der Waals surface area (Å²) >= 11 is 0. The standard InChI is InChI=1S/C14H15NO5/c16-11-7-14(5-1-2-6-14)13(19)15(11)8-9-3-4-10(20-9)12(17)18/h3-4H,1-2,5-8H2,(H,17,18). The minimum atomic E-state index is -1.16. The van der Waals surface area contributed by atoms with E-state index >= 15 is 0 Å². The van der Waals surface area contributed by atoms with E-state index in [-0.39, 0.29) is 30.5 Å². The van der Waals surface area contributed by atoms with Crippen molar-refractivity contribution in [3.05, 3.63) is 23.7 Å². The molecule has 1 aromatic heterocycles. The molecule has 20 heavy (non-hydrogen) atoms. The van der Waals surface area contributed by atoms with Crippen molar-refractivity contribution in [3.8, 4) is 0 Å². The quantitative estimate of drug-likeness (QED) is 0.851. The Labute approximate surface area is 115 Å². The zero-order valence-corrected chi connectivity index (χ0v) is 10.9. The average molecular weight is 277 g/mol. The number of hydrogen-bond acceptors (Lipinski definition) is 4. The Hall–Kier alpha value is -2.11. The van der Waals surface area contributed by atoms with Crippen molar-refractivity contribution in [1.29, 1.82) is 0 Å². The Morgan fingerprint density at radius 2 is 2.00 bits per heavy atom. The second-order valence-corrected chi connectivity index (χ2v) is 5.52. The molecule has 0 radical (unpaired) electrons. The molecule has 3 rings (SSSR count). The van der Waals surface area contributed by atoms with E-state index in [0.717, 1.165) is 25.7 Å². The Balaban J connectivity index is 1.78. The van der Waals surface area contributed by atoms with Crippen LogP contribution in [0.25, 0.3) is 0 Å². The molecule has 2 fully saturated rings. The van der Waals surface area contributed by atoms with Crippen molar-refractivity contribution in [2.45, 2.75) is 38.6 Å². The number of nitrogens with zero attached hydrogens (tertiary/aromatic N) is 1. The van der Waals surface area contributed by atoms with Crippen molar-refractivity contribution in [2.24, 2.45) is 5.41 Å². The summed E-state index contributed by atoms with van der Waals surface area (Å²) in [7, 11) is 0. The van der Waals surface area contributed by atoms with Crippen LogP contribution in [0.4, 0.5) is 0 Å². The Kier molecular flexibility index (Phi) is 2.88. The minimum Gasteiger partial charge on any atom is -0.475 e. The van der Waals surface area contributed by atoms with Gasteiger partial charge in [-0.3, -0.25) is 14.5 Å². The zero-order valence-electron chi connectivity index (χ0n) is 10.9. The van der Waals surface area contributed by atoms with E-state index in [0.29, 0.717) is 5.76 Å². The summed E-state index contributed by atoms with van der Waals surface area (Å²) in [6.45, 7) is 0.0205. The third kappa shape index (κ3) is 1.92. The van der Waals surface area contributed by atoms with Crippen LogP contribution in [0.2, 0.25) is 0 Å². The number of aromatic carboxylic acids is 1. The Bertz CT molecular complexity index is 582. The number of carbonyl (C=O) groups excluding carboxylic acids is 2. The van der Waals surface area contributed by atoms with Crippen molar-refractivity contribution in [2.75, 3.05) is 0 Å². The van der Waals surface area contributed by atoms with Crippen LogP contribution in [-0.2, 0) is 16.1 Å². The molecule has 6 heteroatoms. The largest absolute Gasteiger partial charge is 0.475 e. The lowest BCUT2D eigenvalue weighted by molar-refractivity contribution is -0.142. The molecule has 0 unspecified atom stereocenters. The maximum atomic E-state index is 12.4. The van der Waals surface area contributed by atoms with E-state index in [1.807, 2.05) is 0 Å². The van der Waals surface area contributed by atoms with E-state index in [9.17, 15) is 14.4 Å². The summed E-state index contributed by atoms with van der Waals surface area (Å²) in [6.07, 6.45) is 3.78. The number of imide groups is 1. The highest BCUT2D eigenvalue weighted by Crippen LogP contribution is 2.47. The first-order valence-electron chi connectivity index (χ1n) is 6.69. The molecule has 1 N–H and O–H groups in total. The second-order valence-electron chi connectivity index (χ2n) is 5.52. The molecule has 1 saturated heterocycles. The van der Waals surface area contributed by atoms with Crippen LogP contribution in [-0.4, -0.2) is 27.8 Å². The molecule has 1 aromatic rings. The third-order valence-corrected chi connectivity index (χ3v) is 4.24. The number of carbonyl (C=O) groups is 3. The highest BCUT2D eigenvalue weighted by Gasteiger charge is 2.52. The first kappa shape index (κ1) is 12.9. The maximum Gasteiger partial charge on any atom is 0.371 e. The van der Waals surface area contributed by atoms with Gasteiger partial charge in [0.1, 0.15) is 5.76 Å². The first-order valence-corrected chi connectivity index (χ1v) is 6.69. The highest BCUT2D eigenvalue weighted by atomic mass is 16.4. The summed E-state index contributed by atoms with van der Waals surface area (Å²) in [5.41, 5.74) is -0.501. The van der Waals surface area contributed by atoms with E-state index in [1.165, 1.54) is 17.0 Å². The minimum absolute atomic E-state index is 0.0205. The third-order valence-electron chi connectivity index (χ3n) is 4.24. The summed E-state index contributed by atoms with van der Waals surface area (Å²) in [6, 6.07) is 2.82. The van der Waals surface area contributed by atoms with E-state index in [2.05, 4.69) is 0 Å².